The number of phenolic OH excluding ortho intramolecular Hbond substituents is 1. The van der Waals surface area contributed by atoms with Gasteiger partial charge in [-0.1, -0.05) is 46.3 Å². The van der Waals surface area contributed by atoms with E-state index in [-0.39, 0.29) is 0 Å². The van der Waals surface area contributed by atoms with Gasteiger partial charge in [0.25, 0.3) is 0 Å². The molecule has 1 N–H and O–H groups in total. The molecule has 5 nitrogen and oxygen atoms in total. The van der Waals surface area contributed by atoms with Gasteiger partial charge < -0.3 is 10.0 Å². The van der Waals surface area contributed by atoms with Gasteiger partial charge in [0.15, 0.2) is 0 Å². The lowest BCUT2D eigenvalue weighted by atomic mass is 10.1. The van der Waals surface area contributed by atoms with Gasteiger partial charge in [0.2, 0.25) is 5.95 Å². The van der Waals surface area contributed by atoms with E-state index < -0.39 is 0 Å². The first-order valence-corrected chi connectivity index (χ1v) is 10.3. The maximum atomic E-state index is 9.71. The quantitative estimate of drug-likeness (QED) is 0.655. The van der Waals surface area contributed by atoms with E-state index in [0.717, 1.165) is 60.7 Å². The number of phenols is 1. The molecule has 1 aliphatic heterocycles. The molecule has 2 aromatic carbocycles. The van der Waals surface area contributed by atoms with Crippen LogP contribution < -0.4 is 4.90 Å². The zero-order valence-electron chi connectivity index (χ0n) is 15.6. The average molecular weight is 439 g/mol. The van der Waals surface area contributed by atoms with Crippen molar-refractivity contribution in [3.8, 4) is 5.75 Å². The van der Waals surface area contributed by atoms with Crippen molar-refractivity contribution < 1.29 is 5.11 Å². The molecular formula is C22H23BrN4O. The van der Waals surface area contributed by atoms with Crippen LogP contribution in [0, 0.1) is 0 Å². The first-order valence-electron chi connectivity index (χ1n) is 9.47. The molecule has 28 heavy (non-hydrogen) atoms. The van der Waals surface area contributed by atoms with E-state index in [1.165, 1.54) is 5.56 Å². The minimum Gasteiger partial charge on any atom is -0.508 e. The summed E-state index contributed by atoms with van der Waals surface area (Å²) in [5, 5.41) is 9.71. The summed E-state index contributed by atoms with van der Waals surface area (Å²) in [7, 11) is 0. The second-order valence-corrected chi connectivity index (χ2v) is 7.95. The van der Waals surface area contributed by atoms with Crippen LogP contribution in [0.15, 0.2) is 65.4 Å². The third-order valence-corrected chi connectivity index (χ3v) is 5.79. The Hall–Kier alpha value is -2.44. The van der Waals surface area contributed by atoms with Gasteiger partial charge in [-0.25, -0.2) is 9.97 Å². The Morgan fingerprint density at radius 3 is 2.32 bits per heavy atom. The summed E-state index contributed by atoms with van der Waals surface area (Å²) in [6.07, 6.45) is 4.73. The fourth-order valence-corrected chi connectivity index (χ4v) is 3.84. The molecule has 1 aromatic heterocycles. The number of piperazine rings is 1. The van der Waals surface area contributed by atoms with Crippen molar-refractivity contribution in [2.24, 2.45) is 0 Å². The Labute approximate surface area is 173 Å². The molecule has 0 aliphatic carbocycles. The molecule has 1 saturated heterocycles. The van der Waals surface area contributed by atoms with Crippen LogP contribution in [0.25, 0.3) is 0 Å². The zero-order chi connectivity index (χ0) is 19.3. The third kappa shape index (κ3) is 4.69. The summed E-state index contributed by atoms with van der Waals surface area (Å²) in [6.45, 7) is 4.50. The first kappa shape index (κ1) is 18.9. The Kier molecular flexibility index (Phi) is 5.88. The zero-order valence-corrected chi connectivity index (χ0v) is 17.2. The number of hydrogen-bond donors (Lipinski definition) is 1. The highest BCUT2D eigenvalue weighted by atomic mass is 79.9. The summed E-state index contributed by atoms with van der Waals surface area (Å²) < 4.78 is 1.03. The summed E-state index contributed by atoms with van der Waals surface area (Å²) in [5.74, 6) is 1.11. The van der Waals surface area contributed by atoms with E-state index in [0.29, 0.717) is 5.75 Å². The third-order valence-electron chi connectivity index (χ3n) is 5.02. The predicted octanol–water partition coefficient (Wildman–Crippen LogP) is 3.86. The minimum atomic E-state index is 0.306. The number of hydrogen-bond acceptors (Lipinski definition) is 5. The van der Waals surface area contributed by atoms with Crippen molar-refractivity contribution in [1.29, 1.82) is 0 Å². The van der Waals surface area contributed by atoms with Crippen LogP contribution in [0.4, 0.5) is 5.95 Å². The Bertz CT molecular complexity index is 910. The average Bonchev–Trinajstić information content (AvgIpc) is 2.73. The largest absolute Gasteiger partial charge is 0.508 e. The van der Waals surface area contributed by atoms with Gasteiger partial charge in [0, 0.05) is 56.0 Å². The predicted molar refractivity (Wildman–Crippen MR) is 115 cm³/mol. The molecule has 0 atom stereocenters. The number of anilines is 1. The maximum absolute atomic E-state index is 9.71. The molecule has 0 saturated carbocycles. The molecule has 0 spiro atoms. The number of nitrogens with zero attached hydrogens (tertiary/aromatic N) is 4. The number of rotatable bonds is 5. The van der Waals surface area contributed by atoms with Crippen LogP contribution in [-0.4, -0.2) is 46.2 Å². The molecule has 0 radical (unpaired) electrons. The smallest absolute Gasteiger partial charge is 0.225 e. The van der Waals surface area contributed by atoms with Gasteiger partial charge >= 0.3 is 0 Å². The molecular weight excluding hydrogens is 416 g/mol. The van der Waals surface area contributed by atoms with Crippen LogP contribution in [0.5, 0.6) is 5.75 Å². The fraction of sp³-hybridized carbons (Fsp3) is 0.273. The van der Waals surface area contributed by atoms with Gasteiger partial charge in [0.1, 0.15) is 5.75 Å². The first-order chi connectivity index (χ1) is 13.7. The van der Waals surface area contributed by atoms with Crippen molar-refractivity contribution in [3.63, 3.8) is 0 Å². The van der Waals surface area contributed by atoms with Crippen LogP contribution in [-0.2, 0) is 13.0 Å². The summed E-state index contributed by atoms with van der Waals surface area (Å²) >= 11 is 3.57. The highest BCUT2D eigenvalue weighted by molar-refractivity contribution is 9.10. The van der Waals surface area contributed by atoms with Crippen molar-refractivity contribution in [1.82, 2.24) is 14.9 Å². The van der Waals surface area contributed by atoms with E-state index in [9.17, 15) is 5.11 Å². The Morgan fingerprint density at radius 2 is 1.61 bits per heavy atom. The molecule has 6 heteroatoms. The maximum Gasteiger partial charge on any atom is 0.225 e. The lowest BCUT2D eigenvalue weighted by Crippen LogP contribution is -2.46. The van der Waals surface area contributed by atoms with E-state index in [2.05, 4.69) is 60.0 Å². The number of aromatic nitrogens is 2. The van der Waals surface area contributed by atoms with Crippen molar-refractivity contribution in [3.05, 3.63) is 82.1 Å². The molecule has 0 unspecified atom stereocenters. The SMILES string of the molecule is Oc1ccc(Br)c(CN2CCN(c3ncc(Cc4ccccc4)cn3)CC2)c1. The van der Waals surface area contributed by atoms with Gasteiger partial charge in [-0.05, 0) is 34.9 Å². The van der Waals surface area contributed by atoms with Crippen molar-refractivity contribution in [2.45, 2.75) is 13.0 Å². The van der Waals surface area contributed by atoms with Gasteiger partial charge in [0.05, 0.1) is 0 Å². The number of benzene rings is 2. The number of halogens is 1. The lowest BCUT2D eigenvalue weighted by molar-refractivity contribution is 0.248. The van der Waals surface area contributed by atoms with Crippen LogP contribution in [0.2, 0.25) is 0 Å². The van der Waals surface area contributed by atoms with Crippen LogP contribution in [0.1, 0.15) is 16.7 Å². The minimum absolute atomic E-state index is 0.306. The molecule has 0 amide bonds. The second kappa shape index (κ2) is 8.71. The van der Waals surface area contributed by atoms with E-state index >= 15 is 0 Å². The Morgan fingerprint density at radius 1 is 0.893 bits per heavy atom. The lowest BCUT2D eigenvalue weighted by Gasteiger charge is -2.34. The summed E-state index contributed by atoms with van der Waals surface area (Å²) in [6, 6.07) is 15.8. The van der Waals surface area contributed by atoms with Gasteiger partial charge in [-0.3, -0.25) is 4.90 Å². The van der Waals surface area contributed by atoms with Gasteiger partial charge in [-0.2, -0.15) is 0 Å². The van der Waals surface area contributed by atoms with E-state index in [1.807, 2.05) is 30.6 Å². The van der Waals surface area contributed by atoms with Gasteiger partial charge in [-0.15, -0.1) is 0 Å². The second-order valence-electron chi connectivity index (χ2n) is 7.09. The molecule has 0 bridgehead atoms. The van der Waals surface area contributed by atoms with Crippen molar-refractivity contribution in [2.75, 3.05) is 31.1 Å². The number of aromatic hydroxyl groups is 1. The molecule has 4 rings (SSSR count). The van der Waals surface area contributed by atoms with Crippen LogP contribution >= 0.6 is 15.9 Å². The summed E-state index contributed by atoms with van der Waals surface area (Å²) in [5.41, 5.74) is 3.50. The molecule has 1 fully saturated rings. The standard InChI is InChI=1S/C22H23BrN4O/c23-21-7-6-20(28)13-19(21)16-26-8-10-27(11-9-26)22-24-14-18(15-25-22)12-17-4-2-1-3-5-17/h1-7,13-15,28H,8-12,16H2. The molecule has 144 valence electrons. The Balaban J connectivity index is 1.33. The summed E-state index contributed by atoms with van der Waals surface area (Å²) in [4.78, 5) is 13.8. The van der Waals surface area contributed by atoms with Crippen molar-refractivity contribution >= 4 is 21.9 Å². The highest BCUT2D eigenvalue weighted by Crippen LogP contribution is 2.24. The van der Waals surface area contributed by atoms with E-state index in [4.69, 9.17) is 0 Å². The van der Waals surface area contributed by atoms with Crippen LogP contribution in [0.3, 0.4) is 0 Å². The monoisotopic (exact) mass is 438 g/mol. The normalized spacial score (nSPS) is 15.0. The van der Waals surface area contributed by atoms with E-state index in [1.54, 1.807) is 6.07 Å². The topological polar surface area (TPSA) is 52.5 Å². The molecule has 1 aliphatic rings. The molecule has 2 heterocycles. The molecule has 3 aromatic rings. The highest BCUT2D eigenvalue weighted by Gasteiger charge is 2.19. The fourth-order valence-electron chi connectivity index (χ4n) is 3.46.